The van der Waals surface area contributed by atoms with Crippen LogP contribution in [0.15, 0.2) is 18.3 Å². The number of carbonyl (C=O) groups is 2. The van der Waals surface area contributed by atoms with Gasteiger partial charge < -0.3 is 20.2 Å². The molecule has 2 saturated carbocycles. The molecule has 1 spiro atoms. The summed E-state index contributed by atoms with van der Waals surface area (Å²) >= 11 is 0. The van der Waals surface area contributed by atoms with E-state index in [2.05, 4.69) is 20.1 Å². The van der Waals surface area contributed by atoms with Gasteiger partial charge in [0.2, 0.25) is 11.8 Å². The zero-order chi connectivity index (χ0) is 21.4. The number of hydrogen-bond donors (Lipinski definition) is 2. The lowest BCUT2D eigenvalue weighted by atomic mass is 9.78. The first-order valence-electron chi connectivity index (χ1n) is 12.1. The van der Waals surface area contributed by atoms with E-state index in [-0.39, 0.29) is 23.3 Å². The Morgan fingerprint density at radius 2 is 1.87 bits per heavy atom. The van der Waals surface area contributed by atoms with Crippen LogP contribution in [0.25, 0.3) is 0 Å². The molecule has 2 N–H and O–H groups in total. The maximum atomic E-state index is 13.5. The number of anilines is 2. The van der Waals surface area contributed by atoms with Crippen molar-refractivity contribution >= 4 is 23.3 Å². The summed E-state index contributed by atoms with van der Waals surface area (Å²) in [5.41, 5.74) is 0.447. The summed E-state index contributed by atoms with van der Waals surface area (Å²) in [5.74, 6) is 1.45. The van der Waals surface area contributed by atoms with Crippen LogP contribution < -0.4 is 10.2 Å². The van der Waals surface area contributed by atoms with E-state index in [0.29, 0.717) is 11.9 Å². The van der Waals surface area contributed by atoms with Gasteiger partial charge in [0.1, 0.15) is 5.82 Å². The molecule has 2 amide bonds. The summed E-state index contributed by atoms with van der Waals surface area (Å²) in [6.45, 7) is 2.47. The van der Waals surface area contributed by atoms with Gasteiger partial charge in [-0.1, -0.05) is 6.42 Å². The summed E-state index contributed by atoms with van der Waals surface area (Å²) in [4.78, 5) is 34.6. The third-order valence-electron chi connectivity index (χ3n) is 8.05. The van der Waals surface area contributed by atoms with Crippen LogP contribution >= 0.6 is 0 Å². The molecule has 7 heteroatoms. The molecule has 2 aliphatic carbocycles. The molecule has 1 aromatic heterocycles. The molecule has 2 aliphatic heterocycles. The van der Waals surface area contributed by atoms with Crippen molar-refractivity contribution in [2.75, 3.05) is 29.9 Å². The number of aliphatic hydroxyl groups is 1. The van der Waals surface area contributed by atoms with Crippen LogP contribution in [0.1, 0.15) is 64.2 Å². The molecule has 3 heterocycles. The molecule has 4 fully saturated rings. The van der Waals surface area contributed by atoms with E-state index in [1.807, 2.05) is 12.1 Å². The molecule has 0 radical (unpaired) electrons. The Morgan fingerprint density at radius 1 is 1.06 bits per heavy atom. The summed E-state index contributed by atoms with van der Waals surface area (Å²) < 4.78 is 0. The Hall–Kier alpha value is -2.15. The largest absolute Gasteiger partial charge is 0.393 e. The summed E-state index contributed by atoms with van der Waals surface area (Å²) in [7, 11) is 0. The third-order valence-corrected chi connectivity index (χ3v) is 8.05. The van der Waals surface area contributed by atoms with Crippen molar-refractivity contribution in [2.45, 2.75) is 76.4 Å². The average molecular weight is 427 g/mol. The lowest BCUT2D eigenvalue weighted by molar-refractivity contribution is -0.139. The smallest absolute Gasteiger partial charge is 0.230 e. The minimum Gasteiger partial charge on any atom is -0.393 e. The molecule has 7 nitrogen and oxygen atoms in total. The highest BCUT2D eigenvalue weighted by Crippen LogP contribution is 2.43. The van der Waals surface area contributed by atoms with Gasteiger partial charge in [0.15, 0.2) is 0 Å². The highest BCUT2D eigenvalue weighted by Gasteiger charge is 2.50. The minimum absolute atomic E-state index is 0.101. The SMILES string of the molecule is O=C(Nc1ccc(N2CCCC3(CCN(C4CCC(O)CC4)C3=O)C2)nc1)C1CCC1. The Balaban J connectivity index is 1.23. The van der Waals surface area contributed by atoms with Crippen molar-refractivity contribution in [3.8, 4) is 0 Å². The second-order valence-corrected chi connectivity index (χ2v) is 10.0. The number of likely N-dealkylation sites (tertiary alicyclic amines) is 1. The quantitative estimate of drug-likeness (QED) is 0.773. The second kappa shape index (κ2) is 8.41. The van der Waals surface area contributed by atoms with E-state index < -0.39 is 0 Å². The van der Waals surface area contributed by atoms with Crippen molar-refractivity contribution in [3.05, 3.63) is 18.3 Å². The first-order chi connectivity index (χ1) is 15.0. The van der Waals surface area contributed by atoms with Crippen molar-refractivity contribution in [1.82, 2.24) is 9.88 Å². The van der Waals surface area contributed by atoms with Gasteiger partial charge in [0.25, 0.3) is 0 Å². The molecule has 1 aromatic rings. The number of nitrogens with zero attached hydrogens (tertiary/aromatic N) is 3. The average Bonchev–Trinajstić information content (AvgIpc) is 3.03. The fourth-order valence-corrected chi connectivity index (χ4v) is 5.83. The van der Waals surface area contributed by atoms with Gasteiger partial charge in [-0.3, -0.25) is 9.59 Å². The molecule has 31 heavy (non-hydrogen) atoms. The molecule has 168 valence electrons. The highest BCUT2D eigenvalue weighted by molar-refractivity contribution is 5.93. The Bertz CT molecular complexity index is 817. The summed E-state index contributed by atoms with van der Waals surface area (Å²) in [6, 6.07) is 4.19. The predicted octanol–water partition coefficient (Wildman–Crippen LogP) is 2.94. The van der Waals surface area contributed by atoms with E-state index in [9.17, 15) is 14.7 Å². The highest BCUT2D eigenvalue weighted by atomic mass is 16.3. The van der Waals surface area contributed by atoms with Gasteiger partial charge in [-0.05, 0) is 69.9 Å². The summed E-state index contributed by atoms with van der Waals surface area (Å²) in [5, 5.41) is 12.8. The van der Waals surface area contributed by atoms with Gasteiger partial charge in [0.05, 0.1) is 23.4 Å². The first kappa shape index (κ1) is 20.7. The fraction of sp³-hybridized carbons (Fsp3) is 0.708. The van der Waals surface area contributed by atoms with E-state index in [4.69, 9.17) is 0 Å². The standard InChI is InChI=1S/C24H34N4O3/c29-20-8-6-19(7-9-20)28-14-12-24(23(28)31)11-2-13-27(16-24)21-10-5-18(15-25-21)26-22(30)17-3-1-4-17/h5,10,15,17,19-20,29H,1-4,6-9,11-14,16H2,(H,26,30). The number of piperidine rings is 1. The zero-order valence-electron chi connectivity index (χ0n) is 18.3. The molecule has 4 aliphatic rings. The first-order valence-corrected chi connectivity index (χ1v) is 12.1. The summed E-state index contributed by atoms with van der Waals surface area (Å²) in [6.07, 6.45) is 11.0. The lowest BCUT2D eigenvalue weighted by Crippen LogP contribution is -2.50. The van der Waals surface area contributed by atoms with Crippen LogP contribution in [0.4, 0.5) is 11.5 Å². The molecule has 2 saturated heterocycles. The number of hydrogen-bond acceptors (Lipinski definition) is 5. The Labute approximate surface area is 184 Å². The topological polar surface area (TPSA) is 85.8 Å². The number of carbonyl (C=O) groups excluding carboxylic acids is 2. The van der Waals surface area contributed by atoms with Gasteiger partial charge >= 0.3 is 0 Å². The Kier molecular flexibility index (Phi) is 5.63. The van der Waals surface area contributed by atoms with E-state index in [0.717, 1.165) is 95.3 Å². The monoisotopic (exact) mass is 426 g/mol. The Morgan fingerprint density at radius 3 is 2.55 bits per heavy atom. The van der Waals surface area contributed by atoms with Crippen LogP contribution in [-0.2, 0) is 9.59 Å². The maximum absolute atomic E-state index is 13.5. The molecule has 1 unspecified atom stereocenters. The van der Waals surface area contributed by atoms with Gasteiger partial charge in [-0.2, -0.15) is 0 Å². The maximum Gasteiger partial charge on any atom is 0.230 e. The van der Waals surface area contributed by atoms with Gasteiger partial charge in [-0.15, -0.1) is 0 Å². The molecule has 0 aromatic carbocycles. The zero-order valence-corrected chi connectivity index (χ0v) is 18.3. The second-order valence-electron chi connectivity index (χ2n) is 10.0. The van der Waals surface area contributed by atoms with Crippen molar-refractivity contribution in [1.29, 1.82) is 0 Å². The van der Waals surface area contributed by atoms with Crippen molar-refractivity contribution < 1.29 is 14.7 Å². The predicted molar refractivity (Wildman–Crippen MR) is 119 cm³/mol. The normalized spacial score (nSPS) is 31.7. The number of nitrogens with one attached hydrogen (secondary N) is 1. The number of amides is 2. The van der Waals surface area contributed by atoms with Crippen molar-refractivity contribution in [3.63, 3.8) is 0 Å². The number of pyridine rings is 1. The van der Waals surface area contributed by atoms with Gasteiger partial charge in [-0.25, -0.2) is 4.98 Å². The minimum atomic E-state index is -0.299. The molecule has 0 bridgehead atoms. The number of rotatable bonds is 4. The van der Waals surface area contributed by atoms with E-state index >= 15 is 0 Å². The lowest BCUT2D eigenvalue weighted by Gasteiger charge is -2.41. The third kappa shape index (κ3) is 4.04. The van der Waals surface area contributed by atoms with Gasteiger partial charge in [0, 0.05) is 31.6 Å². The molecular weight excluding hydrogens is 392 g/mol. The molecule has 5 rings (SSSR count). The fourth-order valence-electron chi connectivity index (χ4n) is 5.83. The van der Waals surface area contributed by atoms with E-state index in [1.54, 1.807) is 6.20 Å². The van der Waals surface area contributed by atoms with Crippen LogP contribution in [0, 0.1) is 11.3 Å². The van der Waals surface area contributed by atoms with Crippen LogP contribution in [0.3, 0.4) is 0 Å². The number of aromatic nitrogens is 1. The molecular formula is C24H34N4O3. The van der Waals surface area contributed by atoms with Crippen LogP contribution in [0.2, 0.25) is 0 Å². The van der Waals surface area contributed by atoms with Crippen LogP contribution in [-0.4, -0.2) is 58.6 Å². The van der Waals surface area contributed by atoms with Crippen LogP contribution in [0.5, 0.6) is 0 Å². The van der Waals surface area contributed by atoms with Crippen molar-refractivity contribution in [2.24, 2.45) is 11.3 Å². The number of aliphatic hydroxyl groups excluding tert-OH is 1. The molecule has 1 atom stereocenters. The van der Waals surface area contributed by atoms with E-state index in [1.165, 1.54) is 0 Å².